The van der Waals surface area contributed by atoms with Gasteiger partial charge in [-0.3, -0.25) is 9.69 Å². The van der Waals surface area contributed by atoms with Crippen molar-refractivity contribution in [1.82, 2.24) is 10.2 Å². The number of nitrogens with zero attached hydrogens (tertiary/aromatic N) is 1. The number of aliphatic hydroxyl groups is 1. The van der Waals surface area contributed by atoms with Crippen LogP contribution in [0.3, 0.4) is 0 Å². The second-order valence-corrected chi connectivity index (χ2v) is 8.13. The lowest BCUT2D eigenvalue weighted by Gasteiger charge is -2.40. The summed E-state index contributed by atoms with van der Waals surface area (Å²) in [6.45, 7) is 8.97. The molecule has 1 fully saturated rings. The van der Waals surface area contributed by atoms with Gasteiger partial charge in [0.1, 0.15) is 0 Å². The third kappa shape index (κ3) is 5.50. The van der Waals surface area contributed by atoms with Gasteiger partial charge in [0.2, 0.25) is 0 Å². The maximum Gasteiger partial charge on any atom is 0.251 e. The van der Waals surface area contributed by atoms with Crippen LogP contribution in [0.2, 0.25) is 0 Å². The van der Waals surface area contributed by atoms with E-state index in [2.05, 4.69) is 31.0 Å². The van der Waals surface area contributed by atoms with Crippen molar-refractivity contribution in [2.24, 2.45) is 11.8 Å². The number of benzene rings is 1. The number of hydrogen-bond donors (Lipinski definition) is 2. The van der Waals surface area contributed by atoms with Gasteiger partial charge in [0.25, 0.3) is 5.91 Å². The summed E-state index contributed by atoms with van der Waals surface area (Å²) in [6.07, 6.45) is 2.92. The van der Waals surface area contributed by atoms with Crippen molar-refractivity contribution in [2.45, 2.75) is 44.2 Å². The molecule has 2 N–H and O–H groups in total. The smallest absolute Gasteiger partial charge is 0.251 e. The number of nitrogens with one attached hydrogen (secondary N) is 1. The average molecular weight is 351 g/mol. The number of carbonyl (C=O) groups is 1. The van der Waals surface area contributed by atoms with E-state index >= 15 is 0 Å². The van der Waals surface area contributed by atoms with Gasteiger partial charge in [0.15, 0.2) is 0 Å². The third-order valence-electron chi connectivity index (χ3n) is 4.62. The molecule has 5 heteroatoms. The summed E-state index contributed by atoms with van der Waals surface area (Å²) in [6, 6.07) is 7.85. The Morgan fingerprint density at radius 2 is 1.92 bits per heavy atom. The number of hydrogen-bond acceptors (Lipinski definition) is 4. The van der Waals surface area contributed by atoms with Crippen LogP contribution in [0, 0.1) is 11.8 Å². The second-order valence-electron chi connectivity index (χ2n) is 7.25. The molecule has 1 aromatic rings. The third-order valence-corrected chi connectivity index (χ3v) is 5.37. The van der Waals surface area contributed by atoms with Gasteiger partial charge in [-0.25, -0.2) is 0 Å². The molecule has 1 unspecified atom stereocenters. The minimum Gasteiger partial charge on any atom is -0.390 e. The monoisotopic (exact) mass is 350 g/mol. The number of carbonyl (C=O) groups excluding carboxylic acids is 1. The average Bonchev–Trinajstić information content (AvgIpc) is 2.52. The van der Waals surface area contributed by atoms with Crippen LogP contribution in [-0.2, 0) is 0 Å². The predicted molar refractivity (Wildman–Crippen MR) is 101 cm³/mol. The number of β-amino-alcohol motifs (C(OH)–C–C–N with tert-alkyl or cyclic N) is 1. The van der Waals surface area contributed by atoms with Crippen molar-refractivity contribution in [1.29, 1.82) is 0 Å². The first-order valence-electron chi connectivity index (χ1n) is 8.74. The van der Waals surface area contributed by atoms with E-state index in [1.807, 2.05) is 30.5 Å². The molecule has 0 radical (unpaired) electrons. The van der Waals surface area contributed by atoms with Crippen molar-refractivity contribution in [3.63, 3.8) is 0 Å². The number of rotatable bonds is 8. The second kappa shape index (κ2) is 8.88. The lowest BCUT2D eigenvalue weighted by molar-refractivity contribution is -0.0109. The summed E-state index contributed by atoms with van der Waals surface area (Å²) in [4.78, 5) is 15.9. The zero-order valence-electron chi connectivity index (χ0n) is 15.2. The van der Waals surface area contributed by atoms with Crippen molar-refractivity contribution in [3.05, 3.63) is 29.8 Å². The van der Waals surface area contributed by atoms with Crippen LogP contribution >= 0.6 is 11.8 Å². The molecule has 0 aliphatic carbocycles. The van der Waals surface area contributed by atoms with Crippen molar-refractivity contribution in [3.8, 4) is 0 Å². The SMILES string of the molecule is CSc1ccc(C(=O)NC(C)[C@@H](CC(C)C)CN2CC(O)C2)cc1. The number of likely N-dealkylation sites (tertiary alicyclic amines) is 1. The fraction of sp³-hybridized carbons (Fsp3) is 0.632. The highest BCUT2D eigenvalue weighted by Crippen LogP contribution is 2.21. The first-order valence-corrected chi connectivity index (χ1v) is 9.96. The fourth-order valence-electron chi connectivity index (χ4n) is 3.22. The van der Waals surface area contributed by atoms with Gasteiger partial charge in [-0.2, -0.15) is 0 Å². The van der Waals surface area contributed by atoms with Crippen molar-refractivity contribution in [2.75, 3.05) is 25.9 Å². The first kappa shape index (κ1) is 19.3. The van der Waals surface area contributed by atoms with Gasteiger partial charge in [-0.1, -0.05) is 13.8 Å². The van der Waals surface area contributed by atoms with Crippen LogP contribution < -0.4 is 5.32 Å². The molecule has 1 aliphatic heterocycles. The normalized spacial score (nSPS) is 18.2. The van der Waals surface area contributed by atoms with E-state index in [4.69, 9.17) is 0 Å². The highest BCUT2D eigenvalue weighted by atomic mass is 32.2. The standard InChI is InChI=1S/C19H30N2O2S/c1-13(2)9-16(10-21-11-17(22)12-21)14(3)20-19(23)15-5-7-18(24-4)8-6-15/h5-8,13-14,16-17,22H,9-12H2,1-4H3,(H,20,23)/t14?,16-/m0/s1. The maximum atomic E-state index is 12.5. The van der Waals surface area contributed by atoms with E-state index in [0.717, 1.165) is 31.0 Å². The number of aliphatic hydroxyl groups excluding tert-OH is 1. The molecule has 0 spiro atoms. The van der Waals surface area contributed by atoms with Gasteiger partial charge >= 0.3 is 0 Å². The van der Waals surface area contributed by atoms with Crippen LogP contribution in [0.15, 0.2) is 29.2 Å². The Balaban J connectivity index is 1.94. The van der Waals surface area contributed by atoms with Crippen LogP contribution in [0.1, 0.15) is 37.6 Å². The van der Waals surface area contributed by atoms with Crippen molar-refractivity contribution < 1.29 is 9.90 Å². The van der Waals surface area contributed by atoms with Gasteiger partial charge in [-0.15, -0.1) is 11.8 Å². The lowest BCUT2D eigenvalue weighted by atomic mass is 9.89. The van der Waals surface area contributed by atoms with Crippen molar-refractivity contribution >= 4 is 17.7 Å². The summed E-state index contributed by atoms with van der Waals surface area (Å²) in [7, 11) is 0. The Hall–Kier alpha value is -1.04. The molecule has 0 saturated carbocycles. The van der Waals surface area contributed by atoms with Gasteiger partial charge in [-0.05, 0) is 55.7 Å². The quantitative estimate of drug-likeness (QED) is 0.708. The zero-order chi connectivity index (χ0) is 17.7. The Morgan fingerprint density at radius 1 is 1.29 bits per heavy atom. The van der Waals surface area contributed by atoms with E-state index < -0.39 is 0 Å². The molecule has 0 bridgehead atoms. The van der Waals surface area contributed by atoms with E-state index in [0.29, 0.717) is 17.4 Å². The molecular weight excluding hydrogens is 320 g/mol. The first-order chi connectivity index (χ1) is 11.4. The molecule has 4 nitrogen and oxygen atoms in total. The zero-order valence-corrected chi connectivity index (χ0v) is 16.0. The van der Waals surface area contributed by atoms with Gasteiger partial charge in [0.05, 0.1) is 6.10 Å². The molecule has 1 aromatic carbocycles. The minimum atomic E-state index is -0.176. The van der Waals surface area contributed by atoms with Crippen LogP contribution in [0.25, 0.3) is 0 Å². The van der Waals surface area contributed by atoms with Gasteiger partial charge < -0.3 is 10.4 Å². The topological polar surface area (TPSA) is 52.6 Å². The molecule has 1 aliphatic rings. The van der Waals surface area contributed by atoms with Crippen LogP contribution in [0.5, 0.6) is 0 Å². The Morgan fingerprint density at radius 3 is 2.42 bits per heavy atom. The van der Waals surface area contributed by atoms with E-state index in [-0.39, 0.29) is 18.1 Å². The molecule has 24 heavy (non-hydrogen) atoms. The Bertz CT molecular complexity index is 527. The highest BCUT2D eigenvalue weighted by molar-refractivity contribution is 7.98. The van der Waals surface area contributed by atoms with E-state index in [9.17, 15) is 9.90 Å². The molecule has 1 saturated heterocycles. The predicted octanol–water partition coefficient (Wildman–Crippen LogP) is 2.87. The minimum absolute atomic E-state index is 0.00690. The molecule has 1 amide bonds. The van der Waals surface area contributed by atoms with E-state index in [1.54, 1.807) is 11.8 Å². The molecule has 134 valence electrons. The highest BCUT2D eigenvalue weighted by Gasteiger charge is 2.29. The van der Waals surface area contributed by atoms with E-state index in [1.165, 1.54) is 0 Å². The van der Waals surface area contributed by atoms with Gasteiger partial charge in [0, 0.05) is 36.1 Å². The number of amides is 1. The Labute approximate surface area is 150 Å². The van der Waals surface area contributed by atoms with Crippen LogP contribution in [-0.4, -0.2) is 53.9 Å². The maximum absolute atomic E-state index is 12.5. The summed E-state index contributed by atoms with van der Waals surface area (Å²) < 4.78 is 0. The summed E-state index contributed by atoms with van der Waals surface area (Å²) in [5.41, 5.74) is 0.710. The molecule has 1 heterocycles. The molecular formula is C19H30N2O2S. The lowest BCUT2D eigenvalue weighted by Crippen LogP contribution is -2.54. The summed E-state index contributed by atoms with van der Waals surface area (Å²) >= 11 is 1.67. The largest absolute Gasteiger partial charge is 0.390 e. The van der Waals surface area contributed by atoms with Crippen LogP contribution in [0.4, 0.5) is 0 Å². The Kier molecular flexibility index (Phi) is 7.14. The molecule has 2 rings (SSSR count). The number of thioether (sulfide) groups is 1. The fourth-order valence-corrected chi connectivity index (χ4v) is 3.62. The summed E-state index contributed by atoms with van der Waals surface area (Å²) in [5, 5.41) is 12.6. The summed E-state index contributed by atoms with van der Waals surface area (Å²) in [5.74, 6) is 0.973. The molecule has 0 aromatic heterocycles. The molecule has 2 atom stereocenters.